The van der Waals surface area contributed by atoms with Gasteiger partial charge in [0.15, 0.2) is 0 Å². The molecule has 15 heavy (non-hydrogen) atoms. The summed E-state index contributed by atoms with van der Waals surface area (Å²) in [6.45, 7) is 2.07. The predicted molar refractivity (Wildman–Crippen MR) is 65.1 cm³/mol. The minimum atomic E-state index is 0.788. The number of rotatable bonds is 1. The fourth-order valence-electron chi connectivity index (χ4n) is 2.26. The highest BCUT2D eigenvalue weighted by molar-refractivity contribution is 5.96. The van der Waals surface area contributed by atoms with E-state index in [0.717, 1.165) is 11.6 Å². The summed E-state index contributed by atoms with van der Waals surface area (Å²) in [5.74, 6) is 0.788. The molecule has 0 aliphatic heterocycles. The fourth-order valence-corrected chi connectivity index (χ4v) is 2.26. The zero-order valence-corrected chi connectivity index (χ0v) is 8.96. The Morgan fingerprint density at radius 2 is 1.87 bits per heavy atom. The molecule has 2 aromatic rings. The SMILES string of the molecule is Cc1ccc2c(C3CC3)cccc2c1N. The molecule has 0 amide bonds. The monoisotopic (exact) mass is 197 g/mol. The van der Waals surface area contributed by atoms with E-state index >= 15 is 0 Å². The van der Waals surface area contributed by atoms with Crippen molar-refractivity contribution in [2.24, 2.45) is 0 Å². The summed E-state index contributed by atoms with van der Waals surface area (Å²) >= 11 is 0. The third-order valence-corrected chi connectivity index (χ3v) is 3.37. The lowest BCUT2D eigenvalue weighted by Gasteiger charge is -2.09. The van der Waals surface area contributed by atoms with Crippen LogP contribution in [0.15, 0.2) is 30.3 Å². The van der Waals surface area contributed by atoms with Crippen LogP contribution in [-0.2, 0) is 0 Å². The molecule has 0 spiro atoms. The van der Waals surface area contributed by atoms with Crippen LogP contribution in [0.1, 0.15) is 29.9 Å². The molecule has 1 heteroatoms. The maximum atomic E-state index is 6.11. The van der Waals surface area contributed by atoms with Crippen molar-refractivity contribution in [3.8, 4) is 0 Å². The van der Waals surface area contributed by atoms with E-state index in [1.165, 1.54) is 34.7 Å². The van der Waals surface area contributed by atoms with Crippen molar-refractivity contribution in [2.75, 3.05) is 5.73 Å². The Morgan fingerprint density at radius 3 is 2.60 bits per heavy atom. The molecule has 2 N–H and O–H groups in total. The van der Waals surface area contributed by atoms with Gasteiger partial charge in [-0.05, 0) is 42.2 Å². The molecule has 2 aromatic carbocycles. The number of aryl methyl sites for hydroxylation is 1. The highest BCUT2D eigenvalue weighted by atomic mass is 14.6. The Labute approximate surface area is 89.9 Å². The summed E-state index contributed by atoms with van der Waals surface area (Å²) in [4.78, 5) is 0. The Balaban J connectivity index is 2.35. The van der Waals surface area contributed by atoms with Crippen LogP contribution in [0.2, 0.25) is 0 Å². The van der Waals surface area contributed by atoms with Gasteiger partial charge in [-0.3, -0.25) is 0 Å². The molecule has 1 aliphatic carbocycles. The summed E-state index contributed by atoms with van der Waals surface area (Å²) in [7, 11) is 0. The van der Waals surface area contributed by atoms with Gasteiger partial charge in [-0.1, -0.05) is 30.3 Å². The molecule has 76 valence electrons. The zero-order valence-electron chi connectivity index (χ0n) is 8.96. The van der Waals surface area contributed by atoms with Gasteiger partial charge in [0.05, 0.1) is 0 Å². The van der Waals surface area contributed by atoms with Crippen LogP contribution >= 0.6 is 0 Å². The molecule has 0 radical (unpaired) electrons. The minimum Gasteiger partial charge on any atom is -0.398 e. The predicted octanol–water partition coefficient (Wildman–Crippen LogP) is 3.61. The number of hydrogen-bond donors (Lipinski definition) is 1. The van der Waals surface area contributed by atoms with Crippen molar-refractivity contribution in [1.82, 2.24) is 0 Å². The number of nitrogens with two attached hydrogens (primary N) is 1. The number of fused-ring (bicyclic) bond motifs is 1. The van der Waals surface area contributed by atoms with Gasteiger partial charge >= 0.3 is 0 Å². The van der Waals surface area contributed by atoms with Crippen LogP contribution in [-0.4, -0.2) is 0 Å². The van der Waals surface area contributed by atoms with Crippen molar-refractivity contribution < 1.29 is 0 Å². The van der Waals surface area contributed by atoms with E-state index in [1.54, 1.807) is 0 Å². The highest BCUT2D eigenvalue weighted by Gasteiger charge is 2.25. The Hall–Kier alpha value is -1.50. The van der Waals surface area contributed by atoms with E-state index < -0.39 is 0 Å². The van der Waals surface area contributed by atoms with E-state index in [2.05, 4.69) is 37.3 Å². The quantitative estimate of drug-likeness (QED) is 0.694. The van der Waals surface area contributed by atoms with Gasteiger partial charge in [0, 0.05) is 11.1 Å². The molecular formula is C14H15N. The van der Waals surface area contributed by atoms with Crippen LogP contribution in [0, 0.1) is 6.92 Å². The summed E-state index contributed by atoms with van der Waals surface area (Å²) in [6, 6.07) is 10.8. The highest BCUT2D eigenvalue weighted by Crippen LogP contribution is 2.43. The lowest BCUT2D eigenvalue weighted by atomic mass is 9.98. The van der Waals surface area contributed by atoms with Gasteiger partial charge in [-0.25, -0.2) is 0 Å². The molecular weight excluding hydrogens is 182 g/mol. The van der Waals surface area contributed by atoms with E-state index in [9.17, 15) is 0 Å². The number of anilines is 1. The van der Waals surface area contributed by atoms with Gasteiger partial charge in [0.1, 0.15) is 0 Å². The second-order valence-corrected chi connectivity index (χ2v) is 4.51. The number of nitrogen functional groups attached to an aromatic ring is 1. The summed E-state index contributed by atoms with van der Waals surface area (Å²) < 4.78 is 0. The Bertz CT molecular complexity index is 524. The van der Waals surface area contributed by atoms with Crippen LogP contribution in [0.4, 0.5) is 5.69 Å². The van der Waals surface area contributed by atoms with E-state index in [1.807, 2.05) is 0 Å². The molecule has 0 bridgehead atoms. The maximum Gasteiger partial charge on any atom is 0.0423 e. The molecule has 0 aromatic heterocycles. The molecule has 1 saturated carbocycles. The van der Waals surface area contributed by atoms with Crippen molar-refractivity contribution in [1.29, 1.82) is 0 Å². The first-order chi connectivity index (χ1) is 7.27. The normalized spacial score (nSPS) is 15.8. The van der Waals surface area contributed by atoms with E-state index in [0.29, 0.717) is 0 Å². The summed E-state index contributed by atoms with van der Waals surface area (Å²) in [5.41, 5.74) is 9.71. The summed E-state index contributed by atoms with van der Waals surface area (Å²) in [5, 5.41) is 2.57. The van der Waals surface area contributed by atoms with Crippen molar-refractivity contribution in [2.45, 2.75) is 25.7 Å². The van der Waals surface area contributed by atoms with E-state index in [-0.39, 0.29) is 0 Å². The topological polar surface area (TPSA) is 26.0 Å². The van der Waals surface area contributed by atoms with Gasteiger partial charge in [-0.2, -0.15) is 0 Å². The molecule has 1 fully saturated rings. The molecule has 3 rings (SSSR count). The maximum absolute atomic E-state index is 6.11. The van der Waals surface area contributed by atoms with Gasteiger partial charge < -0.3 is 5.73 Å². The number of hydrogen-bond acceptors (Lipinski definition) is 1. The van der Waals surface area contributed by atoms with Gasteiger partial charge in [0.25, 0.3) is 0 Å². The first-order valence-corrected chi connectivity index (χ1v) is 5.55. The second kappa shape index (κ2) is 2.99. The molecule has 0 unspecified atom stereocenters. The zero-order chi connectivity index (χ0) is 10.4. The van der Waals surface area contributed by atoms with Crippen LogP contribution in [0.5, 0.6) is 0 Å². The largest absolute Gasteiger partial charge is 0.398 e. The third kappa shape index (κ3) is 1.30. The molecule has 0 saturated heterocycles. The van der Waals surface area contributed by atoms with Crippen LogP contribution < -0.4 is 5.73 Å². The average Bonchev–Trinajstić information content (AvgIpc) is 3.07. The third-order valence-electron chi connectivity index (χ3n) is 3.37. The van der Waals surface area contributed by atoms with E-state index in [4.69, 9.17) is 5.73 Å². The van der Waals surface area contributed by atoms with Crippen LogP contribution in [0.25, 0.3) is 10.8 Å². The molecule has 1 nitrogen and oxygen atoms in total. The molecule has 1 aliphatic rings. The lowest BCUT2D eigenvalue weighted by Crippen LogP contribution is -1.92. The van der Waals surface area contributed by atoms with Crippen molar-refractivity contribution >= 4 is 16.5 Å². The number of benzene rings is 2. The molecule has 0 atom stereocenters. The Morgan fingerprint density at radius 1 is 1.07 bits per heavy atom. The Kier molecular flexibility index (Phi) is 1.75. The smallest absolute Gasteiger partial charge is 0.0423 e. The minimum absolute atomic E-state index is 0.788. The van der Waals surface area contributed by atoms with Crippen LogP contribution in [0.3, 0.4) is 0 Å². The standard InChI is InChI=1S/C14H15N/c1-9-5-8-12-11(10-6-7-10)3-2-4-13(12)14(9)15/h2-5,8,10H,6-7,15H2,1H3. The summed E-state index contributed by atoms with van der Waals surface area (Å²) in [6.07, 6.45) is 2.68. The lowest BCUT2D eigenvalue weighted by molar-refractivity contribution is 1.15. The second-order valence-electron chi connectivity index (χ2n) is 4.51. The van der Waals surface area contributed by atoms with Crippen molar-refractivity contribution in [3.63, 3.8) is 0 Å². The molecule has 0 heterocycles. The van der Waals surface area contributed by atoms with Crippen molar-refractivity contribution in [3.05, 3.63) is 41.5 Å². The first-order valence-electron chi connectivity index (χ1n) is 5.55. The van der Waals surface area contributed by atoms with Gasteiger partial charge in [0.2, 0.25) is 0 Å². The average molecular weight is 197 g/mol. The first kappa shape index (κ1) is 8.78. The van der Waals surface area contributed by atoms with Gasteiger partial charge in [-0.15, -0.1) is 0 Å². The fraction of sp³-hybridized carbons (Fsp3) is 0.286.